The third-order valence-electron chi connectivity index (χ3n) is 2.71. The first-order valence-electron chi connectivity index (χ1n) is 5.73. The van der Waals surface area contributed by atoms with E-state index in [1.54, 1.807) is 0 Å². The van der Waals surface area contributed by atoms with E-state index in [9.17, 15) is 0 Å². The van der Waals surface area contributed by atoms with Gasteiger partial charge in [-0.25, -0.2) is 4.98 Å². The van der Waals surface area contributed by atoms with Gasteiger partial charge in [0.15, 0.2) is 12.2 Å². The summed E-state index contributed by atoms with van der Waals surface area (Å²) in [7, 11) is 0. The van der Waals surface area contributed by atoms with E-state index < -0.39 is 0 Å². The minimum absolute atomic E-state index is 0.621. The van der Waals surface area contributed by atoms with Crippen LogP contribution in [0, 0.1) is 6.92 Å². The van der Waals surface area contributed by atoms with Crippen molar-refractivity contribution in [2.75, 3.05) is 0 Å². The molecule has 0 saturated carbocycles. The standard InChI is InChI=1S/C14H12N2O2/c1-10-7-13(18-16-10)14-12(15-9-17-14)8-11-5-3-2-4-6-11/h2-7,9H,8H2,1H3. The van der Waals surface area contributed by atoms with Crippen molar-refractivity contribution in [2.45, 2.75) is 13.3 Å². The lowest BCUT2D eigenvalue weighted by atomic mass is 10.1. The Balaban J connectivity index is 1.93. The van der Waals surface area contributed by atoms with E-state index in [4.69, 9.17) is 8.94 Å². The lowest BCUT2D eigenvalue weighted by Crippen LogP contribution is -1.90. The number of hydrogen-bond donors (Lipinski definition) is 0. The fourth-order valence-electron chi connectivity index (χ4n) is 1.86. The van der Waals surface area contributed by atoms with Crippen LogP contribution in [0.3, 0.4) is 0 Å². The molecule has 0 amide bonds. The average molecular weight is 240 g/mol. The third-order valence-corrected chi connectivity index (χ3v) is 2.71. The van der Waals surface area contributed by atoms with E-state index in [0.29, 0.717) is 17.9 Å². The van der Waals surface area contributed by atoms with Gasteiger partial charge in [-0.1, -0.05) is 35.5 Å². The second kappa shape index (κ2) is 4.49. The van der Waals surface area contributed by atoms with Crippen molar-refractivity contribution in [3.8, 4) is 11.5 Å². The van der Waals surface area contributed by atoms with E-state index in [1.807, 2.05) is 31.2 Å². The molecule has 0 aliphatic carbocycles. The van der Waals surface area contributed by atoms with Gasteiger partial charge in [0.05, 0.1) is 11.4 Å². The van der Waals surface area contributed by atoms with Crippen LogP contribution < -0.4 is 0 Å². The van der Waals surface area contributed by atoms with Gasteiger partial charge in [-0.15, -0.1) is 0 Å². The van der Waals surface area contributed by atoms with Crippen LogP contribution in [-0.2, 0) is 6.42 Å². The normalized spacial score (nSPS) is 10.7. The van der Waals surface area contributed by atoms with Gasteiger partial charge in [0.1, 0.15) is 0 Å². The highest BCUT2D eigenvalue weighted by molar-refractivity contribution is 5.53. The highest BCUT2D eigenvalue weighted by Crippen LogP contribution is 2.25. The van der Waals surface area contributed by atoms with Gasteiger partial charge in [-0.2, -0.15) is 0 Å². The number of hydrogen-bond acceptors (Lipinski definition) is 4. The molecule has 0 saturated heterocycles. The number of aryl methyl sites for hydroxylation is 1. The highest BCUT2D eigenvalue weighted by atomic mass is 16.5. The van der Waals surface area contributed by atoms with Crippen LogP contribution in [0.1, 0.15) is 17.0 Å². The number of benzene rings is 1. The molecule has 0 radical (unpaired) electrons. The summed E-state index contributed by atoms with van der Waals surface area (Å²) in [4.78, 5) is 4.24. The summed E-state index contributed by atoms with van der Waals surface area (Å²) in [6.45, 7) is 1.88. The molecule has 1 aromatic carbocycles. The zero-order chi connectivity index (χ0) is 12.4. The second-order valence-electron chi connectivity index (χ2n) is 4.12. The molecule has 4 heteroatoms. The predicted molar refractivity (Wildman–Crippen MR) is 66.0 cm³/mol. The van der Waals surface area contributed by atoms with Crippen LogP contribution in [0.5, 0.6) is 0 Å². The first kappa shape index (κ1) is 10.8. The van der Waals surface area contributed by atoms with E-state index in [1.165, 1.54) is 12.0 Å². The Bertz CT molecular complexity index is 641. The molecule has 0 N–H and O–H groups in total. The van der Waals surface area contributed by atoms with Crippen LogP contribution in [0.2, 0.25) is 0 Å². The van der Waals surface area contributed by atoms with Gasteiger partial charge in [-0.05, 0) is 12.5 Å². The minimum atomic E-state index is 0.621. The van der Waals surface area contributed by atoms with Crippen molar-refractivity contribution < 1.29 is 8.94 Å². The summed E-state index contributed by atoms with van der Waals surface area (Å²) in [5.41, 5.74) is 2.87. The Kier molecular flexibility index (Phi) is 2.68. The molecule has 3 aromatic rings. The average Bonchev–Trinajstić information content (AvgIpc) is 2.99. The second-order valence-corrected chi connectivity index (χ2v) is 4.12. The third kappa shape index (κ3) is 2.05. The summed E-state index contributed by atoms with van der Waals surface area (Å²) in [6.07, 6.45) is 2.15. The Morgan fingerprint density at radius 1 is 1.17 bits per heavy atom. The Morgan fingerprint density at radius 3 is 2.72 bits per heavy atom. The minimum Gasteiger partial charge on any atom is -0.440 e. The summed E-state index contributed by atoms with van der Waals surface area (Å²) in [5, 5.41) is 3.86. The van der Waals surface area contributed by atoms with Crippen LogP contribution in [0.4, 0.5) is 0 Å². The molecule has 0 spiro atoms. The molecular weight excluding hydrogens is 228 g/mol. The molecule has 0 fully saturated rings. The number of nitrogens with zero attached hydrogens (tertiary/aromatic N) is 2. The van der Waals surface area contributed by atoms with Crippen molar-refractivity contribution in [2.24, 2.45) is 0 Å². The first-order chi connectivity index (χ1) is 8.83. The van der Waals surface area contributed by atoms with Crippen LogP contribution in [-0.4, -0.2) is 10.1 Å². The van der Waals surface area contributed by atoms with Crippen molar-refractivity contribution in [3.63, 3.8) is 0 Å². The molecule has 2 aromatic heterocycles. The van der Waals surface area contributed by atoms with Gasteiger partial charge in [0, 0.05) is 12.5 Å². The molecule has 4 nitrogen and oxygen atoms in total. The molecule has 0 unspecified atom stereocenters. The molecule has 18 heavy (non-hydrogen) atoms. The Hall–Kier alpha value is -2.36. The molecule has 3 rings (SSSR count). The lowest BCUT2D eigenvalue weighted by molar-refractivity contribution is 0.413. The van der Waals surface area contributed by atoms with Gasteiger partial charge < -0.3 is 8.94 Å². The van der Waals surface area contributed by atoms with Gasteiger partial charge in [-0.3, -0.25) is 0 Å². The molecule has 0 atom stereocenters. The van der Waals surface area contributed by atoms with Crippen molar-refractivity contribution in [3.05, 3.63) is 59.7 Å². The van der Waals surface area contributed by atoms with Crippen molar-refractivity contribution in [1.29, 1.82) is 0 Å². The van der Waals surface area contributed by atoms with E-state index >= 15 is 0 Å². The maximum atomic E-state index is 5.39. The van der Waals surface area contributed by atoms with E-state index in [-0.39, 0.29) is 0 Å². The molecule has 90 valence electrons. The quantitative estimate of drug-likeness (QED) is 0.705. The summed E-state index contributed by atoms with van der Waals surface area (Å²) < 4.78 is 10.6. The van der Waals surface area contributed by atoms with Gasteiger partial charge in [0.2, 0.25) is 5.76 Å². The first-order valence-corrected chi connectivity index (χ1v) is 5.73. The predicted octanol–water partition coefficient (Wildman–Crippen LogP) is 3.23. The molecule has 0 aliphatic rings. The van der Waals surface area contributed by atoms with E-state index in [2.05, 4.69) is 22.3 Å². The number of aromatic nitrogens is 2. The van der Waals surface area contributed by atoms with Gasteiger partial charge in [0.25, 0.3) is 0 Å². The maximum absolute atomic E-state index is 5.39. The topological polar surface area (TPSA) is 52.1 Å². The SMILES string of the molecule is Cc1cc(-c2ocnc2Cc2ccccc2)on1. The van der Waals surface area contributed by atoms with Crippen LogP contribution in [0.15, 0.2) is 51.7 Å². The van der Waals surface area contributed by atoms with E-state index in [0.717, 1.165) is 11.4 Å². The zero-order valence-corrected chi connectivity index (χ0v) is 9.96. The summed E-state index contributed by atoms with van der Waals surface area (Å²) in [6, 6.07) is 12.0. The molecule has 2 heterocycles. The van der Waals surface area contributed by atoms with Crippen LogP contribution in [0.25, 0.3) is 11.5 Å². The summed E-state index contributed by atoms with van der Waals surface area (Å²) in [5.74, 6) is 1.27. The molecule has 0 aliphatic heterocycles. The fraction of sp³-hybridized carbons (Fsp3) is 0.143. The fourth-order valence-corrected chi connectivity index (χ4v) is 1.86. The zero-order valence-electron chi connectivity index (χ0n) is 9.96. The van der Waals surface area contributed by atoms with Gasteiger partial charge >= 0.3 is 0 Å². The van der Waals surface area contributed by atoms with Crippen molar-refractivity contribution >= 4 is 0 Å². The van der Waals surface area contributed by atoms with Crippen molar-refractivity contribution in [1.82, 2.24) is 10.1 Å². The highest BCUT2D eigenvalue weighted by Gasteiger charge is 2.15. The Labute approximate surface area is 104 Å². The lowest BCUT2D eigenvalue weighted by Gasteiger charge is -1.98. The monoisotopic (exact) mass is 240 g/mol. The molecular formula is C14H12N2O2. The molecule has 0 bridgehead atoms. The largest absolute Gasteiger partial charge is 0.440 e. The number of rotatable bonds is 3. The number of oxazole rings is 1. The maximum Gasteiger partial charge on any atom is 0.204 e. The Morgan fingerprint density at radius 2 is 2.00 bits per heavy atom. The summed E-state index contributed by atoms with van der Waals surface area (Å²) >= 11 is 0. The van der Waals surface area contributed by atoms with Crippen LogP contribution >= 0.6 is 0 Å². The smallest absolute Gasteiger partial charge is 0.204 e.